The molecule has 1 fully saturated rings. The summed E-state index contributed by atoms with van der Waals surface area (Å²) in [5, 5.41) is 11.6. The minimum Gasteiger partial charge on any atom is -0.480 e. The highest BCUT2D eigenvalue weighted by Crippen LogP contribution is 2.29. The molecule has 0 heterocycles. The lowest BCUT2D eigenvalue weighted by Crippen LogP contribution is -2.44. The van der Waals surface area contributed by atoms with Gasteiger partial charge in [-0.15, -0.1) is 0 Å². The van der Waals surface area contributed by atoms with Crippen LogP contribution in [-0.4, -0.2) is 55.4 Å². The average molecular weight is 300 g/mol. The van der Waals surface area contributed by atoms with Crippen molar-refractivity contribution in [1.29, 1.82) is 0 Å². The molecule has 21 heavy (non-hydrogen) atoms. The van der Waals surface area contributed by atoms with Crippen molar-refractivity contribution in [2.24, 2.45) is 11.8 Å². The van der Waals surface area contributed by atoms with Crippen LogP contribution in [0.3, 0.4) is 0 Å². The highest BCUT2D eigenvalue weighted by atomic mass is 16.5. The molecule has 6 nitrogen and oxygen atoms in total. The van der Waals surface area contributed by atoms with Gasteiger partial charge in [0.15, 0.2) is 0 Å². The third kappa shape index (κ3) is 7.32. The maximum absolute atomic E-state index is 12.0. The zero-order valence-corrected chi connectivity index (χ0v) is 13.1. The van der Waals surface area contributed by atoms with Crippen LogP contribution in [0.1, 0.15) is 39.0 Å². The summed E-state index contributed by atoms with van der Waals surface area (Å²) in [5.74, 6) is 0.506. The molecular weight excluding hydrogens is 272 g/mol. The molecule has 0 spiro atoms. The number of carbonyl (C=O) groups excluding carboxylic acids is 1. The van der Waals surface area contributed by atoms with E-state index in [0.29, 0.717) is 19.1 Å². The van der Waals surface area contributed by atoms with Gasteiger partial charge in [-0.2, -0.15) is 0 Å². The van der Waals surface area contributed by atoms with Crippen LogP contribution in [0, 0.1) is 11.8 Å². The number of hydrogen-bond acceptors (Lipinski definition) is 3. The Balaban J connectivity index is 2.27. The van der Waals surface area contributed by atoms with Crippen LogP contribution >= 0.6 is 0 Å². The van der Waals surface area contributed by atoms with Gasteiger partial charge in [0.05, 0.1) is 6.61 Å². The summed E-state index contributed by atoms with van der Waals surface area (Å²) < 4.78 is 4.90. The normalized spacial score (nSPS) is 21.8. The smallest absolute Gasteiger partial charge is 0.323 e. The summed E-state index contributed by atoms with van der Waals surface area (Å²) in [6.45, 7) is 3.23. The summed E-state index contributed by atoms with van der Waals surface area (Å²) in [4.78, 5) is 24.0. The van der Waals surface area contributed by atoms with Crippen molar-refractivity contribution in [3.05, 3.63) is 0 Å². The maximum atomic E-state index is 12.0. The van der Waals surface area contributed by atoms with Crippen LogP contribution in [0.2, 0.25) is 0 Å². The summed E-state index contributed by atoms with van der Waals surface area (Å²) in [6.07, 6.45) is 6.00. The van der Waals surface area contributed by atoms with E-state index < -0.39 is 5.97 Å². The van der Waals surface area contributed by atoms with E-state index in [0.717, 1.165) is 12.3 Å². The molecular formula is C15H28N2O4. The van der Waals surface area contributed by atoms with Crippen LogP contribution in [0.4, 0.5) is 4.79 Å². The Morgan fingerprint density at radius 1 is 1.29 bits per heavy atom. The van der Waals surface area contributed by atoms with Crippen LogP contribution in [0.5, 0.6) is 0 Å². The van der Waals surface area contributed by atoms with Crippen molar-refractivity contribution in [3.8, 4) is 0 Å². The molecule has 0 saturated heterocycles. The molecule has 0 unspecified atom stereocenters. The van der Waals surface area contributed by atoms with Gasteiger partial charge >= 0.3 is 12.0 Å². The molecule has 122 valence electrons. The second-order valence-electron chi connectivity index (χ2n) is 5.95. The fraction of sp³-hybridized carbons (Fsp3) is 0.867. The monoisotopic (exact) mass is 300 g/mol. The Kier molecular flexibility index (Phi) is 8.12. The van der Waals surface area contributed by atoms with Gasteiger partial charge in [0.25, 0.3) is 0 Å². The molecule has 0 aromatic rings. The molecule has 1 aliphatic rings. The first-order valence-electron chi connectivity index (χ1n) is 7.76. The largest absolute Gasteiger partial charge is 0.480 e. The lowest BCUT2D eigenvalue weighted by molar-refractivity contribution is -0.137. The fourth-order valence-electron chi connectivity index (χ4n) is 2.73. The van der Waals surface area contributed by atoms with Gasteiger partial charge in [0.2, 0.25) is 0 Å². The van der Waals surface area contributed by atoms with Crippen LogP contribution in [0.15, 0.2) is 0 Å². The number of ether oxygens (including phenoxy) is 1. The van der Waals surface area contributed by atoms with Gasteiger partial charge in [-0.25, -0.2) is 4.79 Å². The first-order valence-corrected chi connectivity index (χ1v) is 7.76. The number of nitrogens with one attached hydrogen (secondary N) is 1. The van der Waals surface area contributed by atoms with Gasteiger partial charge in [0, 0.05) is 20.2 Å². The fourth-order valence-corrected chi connectivity index (χ4v) is 2.73. The van der Waals surface area contributed by atoms with Crippen molar-refractivity contribution in [2.45, 2.75) is 39.0 Å². The first kappa shape index (κ1) is 17.8. The van der Waals surface area contributed by atoms with E-state index in [4.69, 9.17) is 9.84 Å². The lowest BCUT2D eigenvalue weighted by atomic mass is 9.81. The van der Waals surface area contributed by atoms with Crippen LogP contribution in [-0.2, 0) is 9.53 Å². The Bertz CT molecular complexity index is 328. The Labute approximate surface area is 126 Å². The predicted octanol–water partition coefficient (Wildman–Crippen LogP) is 1.95. The van der Waals surface area contributed by atoms with Gasteiger partial charge < -0.3 is 20.1 Å². The number of aliphatic carboxylic acids is 1. The maximum Gasteiger partial charge on any atom is 0.323 e. The van der Waals surface area contributed by atoms with E-state index >= 15 is 0 Å². The van der Waals surface area contributed by atoms with E-state index in [1.165, 1.54) is 37.7 Å². The van der Waals surface area contributed by atoms with Crippen LogP contribution in [0.25, 0.3) is 0 Å². The summed E-state index contributed by atoms with van der Waals surface area (Å²) in [7, 11) is 1.53. The quantitative estimate of drug-likeness (QED) is 0.718. The number of nitrogens with zero attached hydrogens (tertiary/aromatic N) is 1. The SMILES string of the molecule is COCCN(CC(=O)O)C(=O)NCCC1CCC(C)CC1. The molecule has 2 N–H and O–H groups in total. The van der Waals surface area contributed by atoms with Gasteiger partial charge in [-0.05, 0) is 18.3 Å². The molecule has 2 amide bonds. The number of urea groups is 1. The van der Waals surface area contributed by atoms with Gasteiger partial charge in [0.1, 0.15) is 6.54 Å². The number of hydrogen-bond donors (Lipinski definition) is 2. The Morgan fingerprint density at radius 3 is 2.52 bits per heavy atom. The number of carbonyl (C=O) groups is 2. The molecule has 0 bridgehead atoms. The number of carboxylic acid groups (broad SMARTS) is 1. The third-order valence-electron chi connectivity index (χ3n) is 4.14. The number of methoxy groups -OCH3 is 1. The minimum absolute atomic E-state index is 0.287. The molecule has 0 aromatic heterocycles. The molecule has 0 atom stereocenters. The Hall–Kier alpha value is -1.30. The van der Waals surface area contributed by atoms with Gasteiger partial charge in [-0.1, -0.05) is 32.6 Å². The average Bonchev–Trinajstić information content (AvgIpc) is 2.45. The zero-order chi connectivity index (χ0) is 15.7. The first-order chi connectivity index (χ1) is 10.0. The molecule has 0 aromatic carbocycles. The molecule has 1 aliphatic carbocycles. The number of carboxylic acids is 1. The summed E-state index contributed by atoms with van der Waals surface area (Å²) in [5.41, 5.74) is 0. The van der Waals surface area contributed by atoms with Crippen molar-refractivity contribution < 1.29 is 19.4 Å². The van der Waals surface area contributed by atoms with E-state index in [-0.39, 0.29) is 19.1 Å². The van der Waals surface area contributed by atoms with Crippen molar-refractivity contribution in [2.75, 3.05) is 33.4 Å². The van der Waals surface area contributed by atoms with E-state index in [2.05, 4.69) is 12.2 Å². The predicted molar refractivity (Wildman–Crippen MR) is 80.2 cm³/mol. The van der Waals surface area contributed by atoms with Crippen molar-refractivity contribution in [3.63, 3.8) is 0 Å². The highest BCUT2D eigenvalue weighted by molar-refractivity contribution is 5.80. The molecule has 0 aliphatic heterocycles. The zero-order valence-electron chi connectivity index (χ0n) is 13.1. The van der Waals surface area contributed by atoms with E-state index in [9.17, 15) is 9.59 Å². The van der Waals surface area contributed by atoms with Gasteiger partial charge in [-0.3, -0.25) is 4.79 Å². The van der Waals surface area contributed by atoms with Crippen molar-refractivity contribution in [1.82, 2.24) is 10.2 Å². The Morgan fingerprint density at radius 2 is 1.95 bits per heavy atom. The topological polar surface area (TPSA) is 78.9 Å². The molecule has 6 heteroatoms. The highest BCUT2D eigenvalue weighted by Gasteiger charge is 2.19. The second-order valence-corrected chi connectivity index (χ2v) is 5.95. The second kappa shape index (κ2) is 9.60. The molecule has 1 rings (SSSR count). The minimum atomic E-state index is -1.01. The number of rotatable bonds is 8. The summed E-state index contributed by atoms with van der Waals surface area (Å²) >= 11 is 0. The van der Waals surface area contributed by atoms with Crippen molar-refractivity contribution >= 4 is 12.0 Å². The summed E-state index contributed by atoms with van der Waals surface area (Å²) in [6, 6.07) is -0.321. The lowest BCUT2D eigenvalue weighted by Gasteiger charge is -2.26. The number of amides is 2. The molecule has 0 radical (unpaired) electrons. The van der Waals surface area contributed by atoms with E-state index in [1.807, 2.05) is 0 Å². The standard InChI is InChI=1S/C15H28N2O4/c1-12-3-5-13(6-4-12)7-8-16-15(20)17(9-10-21-2)11-14(18)19/h12-13H,3-11H2,1-2H3,(H,16,20)(H,18,19). The van der Waals surface area contributed by atoms with E-state index in [1.54, 1.807) is 0 Å². The third-order valence-corrected chi connectivity index (χ3v) is 4.14. The molecule has 1 saturated carbocycles. The van der Waals surface area contributed by atoms with Crippen LogP contribution < -0.4 is 5.32 Å².